The van der Waals surface area contributed by atoms with E-state index in [0.29, 0.717) is 16.5 Å². The molecule has 150 valence electrons. The SMILES string of the molecule is Cc1cccc(C)c1CC1(C2(Cc3c(Cl)cccc3Cl)NCCN2)NCCN1. The summed E-state index contributed by atoms with van der Waals surface area (Å²) in [4.78, 5) is 0. The Labute approximate surface area is 177 Å². The summed E-state index contributed by atoms with van der Waals surface area (Å²) in [5.74, 6) is 0. The van der Waals surface area contributed by atoms with Crippen molar-refractivity contribution in [2.75, 3.05) is 26.2 Å². The van der Waals surface area contributed by atoms with Crippen LogP contribution in [0.1, 0.15) is 22.3 Å². The van der Waals surface area contributed by atoms with Crippen molar-refractivity contribution in [3.63, 3.8) is 0 Å². The summed E-state index contributed by atoms with van der Waals surface area (Å²) >= 11 is 13.1. The van der Waals surface area contributed by atoms with Gasteiger partial charge in [0, 0.05) is 49.1 Å². The quantitative estimate of drug-likeness (QED) is 0.602. The van der Waals surface area contributed by atoms with Crippen molar-refractivity contribution in [1.29, 1.82) is 0 Å². The molecule has 2 aliphatic rings. The summed E-state index contributed by atoms with van der Waals surface area (Å²) in [6.45, 7) is 8.04. The first-order chi connectivity index (χ1) is 13.5. The highest BCUT2D eigenvalue weighted by atomic mass is 35.5. The lowest BCUT2D eigenvalue weighted by atomic mass is 9.81. The van der Waals surface area contributed by atoms with Crippen LogP contribution in [0.15, 0.2) is 36.4 Å². The lowest BCUT2D eigenvalue weighted by Crippen LogP contribution is -2.77. The molecular formula is C22H28Cl2N4. The van der Waals surface area contributed by atoms with Crippen molar-refractivity contribution in [3.05, 3.63) is 68.7 Å². The molecule has 0 aliphatic carbocycles. The van der Waals surface area contributed by atoms with Gasteiger partial charge in [0.1, 0.15) is 11.3 Å². The fourth-order valence-corrected chi connectivity index (χ4v) is 5.27. The lowest BCUT2D eigenvalue weighted by molar-refractivity contribution is 0.118. The molecule has 2 aromatic carbocycles. The lowest BCUT2D eigenvalue weighted by Gasteiger charge is -2.48. The molecule has 2 saturated heterocycles. The number of hydrogen-bond acceptors (Lipinski definition) is 4. The van der Waals surface area contributed by atoms with Gasteiger partial charge < -0.3 is 0 Å². The molecule has 28 heavy (non-hydrogen) atoms. The predicted octanol–water partition coefficient (Wildman–Crippen LogP) is 3.17. The second-order valence-electron chi connectivity index (χ2n) is 7.94. The zero-order valence-electron chi connectivity index (χ0n) is 16.5. The summed E-state index contributed by atoms with van der Waals surface area (Å²) in [6.07, 6.45) is 1.56. The van der Waals surface area contributed by atoms with Gasteiger partial charge in [-0.1, -0.05) is 47.5 Å². The molecule has 0 aromatic heterocycles. The monoisotopic (exact) mass is 418 g/mol. The molecule has 0 amide bonds. The number of aryl methyl sites for hydroxylation is 2. The third-order valence-electron chi connectivity index (χ3n) is 6.28. The molecule has 0 saturated carbocycles. The summed E-state index contributed by atoms with van der Waals surface area (Å²) in [5, 5.41) is 16.5. The first-order valence-corrected chi connectivity index (χ1v) is 10.7. The standard InChI is InChI=1S/C22H28Cl2N4/c1-15-5-3-6-16(2)17(15)13-21(25-9-10-26-21)22(27-11-12-28-22)14-18-19(23)7-4-8-20(18)24/h3-8,25-28H,9-14H2,1-2H3. The maximum Gasteiger partial charge on any atom is 0.106 e. The van der Waals surface area contributed by atoms with E-state index in [4.69, 9.17) is 23.2 Å². The van der Waals surface area contributed by atoms with Crippen molar-refractivity contribution < 1.29 is 0 Å². The minimum atomic E-state index is -0.396. The maximum absolute atomic E-state index is 6.55. The minimum absolute atomic E-state index is 0.344. The Balaban J connectivity index is 1.77. The predicted molar refractivity (Wildman–Crippen MR) is 117 cm³/mol. The Morgan fingerprint density at radius 2 is 1.07 bits per heavy atom. The molecule has 2 aliphatic heterocycles. The van der Waals surface area contributed by atoms with E-state index in [1.54, 1.807) is 0 Å². The van der Waals surface area contributed by atoms with Crippen molar-refractivity contribution in [3.8, 4) is 0 Å². The second-order valence-corrected chi connectivity index (χ2v) is 8.76. The molecule has 0 radical (unpaired) electrons. The highest BCUT2D eigenvalue weighted by Crippen LogP contribution is 2.35. The summed E-state index contributed by atoms with van der Waals surface area (Å²) in [5.41, 5.74) is 4.25. The first kappa shape index (κ1) is 20.1. The van der Waals surface area contributed by atoms with E-state index in [9.17, 15) is 0 Å². The molecule has 0 unspecified atom stereocenters. The molecule has 4 rings (SSSR count). The van der Waals surface area contributed by atoms with Gasteiger partial charge in [0.25, 0.3) is 0 Å². The van der Waals surface area contributed by atoms with Gasteiger partial charge in [-0.25, -0.2) is 0 Å². The van der Waals surface area contributed by atoms with E-state index in [-0.39, 0.29) is 5.66 Å². The molecular weight excluding hydrogens is 391 g/mol. The Kier molecular flexibility index (Phi) is 5.71. The van der Waals surface area contributed by atoms with Crippen molar-refractivity contribution in [1.82, 2.24) is 21.3 Å². The van der Waals surface area contributed by atoms with Gasteiger partial charge in [0.05, 0.1) is 0 Å². The molecule has 0 spiro atoms. The average Bonchev–Trinajstić information content (AvgIpc) is 3.33. The van der Waals surface area contributed by atoms with Crippen LogP contribution in [-0.4, -0.2) is 37.5 Å². The molecule has 4 N–H and O–H groups in total. The van der Waals surface area contributed by atoms with Gasteiger partial charge in [-0.15, -0.1) is 0 Å². The van der Waals surface area contributed by atoms with Crippen LogP contribution in [0.2, 0.25) is 10.0 Å². The molecule has 4 nitrogen and oxygen atoms in total. The Hall–Kier alpha value is -1.14. The third kappa shape index (κ3) is 3.47. The van der Waals surface area contributed by atoms with Crippen LogP contribution in [-0.2, 0) is 12.8 Å². The number of nitrogens with one attached hydrogen (secondary N) is 4. The Morgan fingerprint density at radius 3 is 1.54 bits per heavy atom. The fourth-order valence-electron chi connectivity index (χ4n) is 4.74. The number of benzene rings is 2. The van der Waals surface area contributed by atoms with E-state index in [2.05, 4.69) is 53.3 Å². The molecule has 0 bridgehead atoms. The van der Waals surface area contributed by atoms with Crippen LogP contribution < -0.4 is 21.3 Å². The van der Waals surface area contributed by atoms with Crippen LogP contribution in [0.3, 0.4) is 0 Å². The Bertz CT molecular complexity index is 744. The van der Waals surface area contributed by atoms with Crippen molar-refractivity contribution in [2.24, 2.45) is 0 Å². The highest BCUT2D eigenvalue weighted by molar-refractivity contribution is 6.36. The molecule has 2 heterocycles. The summed E-state index contributed by atoms with van der Waals surface area (Å²) in [7, 11) is 0. The molecule has 0 atom stereocenters. The van der Waals surface area contributed by atoms with Gasteiger partial charge in [0.15, 0.2) is 0 Å². The Morgan fingerprint density at radius 1 is 0.679 bits per heavy atom. The third-order valence-corrected chi connectivity index (χ3v) is 6.98. The second kappa shape index (κ2) is 7.94. The van der Waals surface area contributed by atoms with Gasteiger partial charge >= 0.3 is 0 Å². The zero-order valence-corrected chi connectivity index (χ0v) is 18.0. The van der Waals surface area contributed by atoms with Gasteiger partial charge in [-0.2, -0.15) is 0 Å². The fraction of sp³-hybridized carbons (Fsp3) is 0.455. The highest BCUT2D eigenvalue weighted by Gasteiger charge is 2.54. The number of rotatable bonds is 5. The normalized spacial score (nSPS) is 20.6. The van der Waals surface area contributed by atoms with E-state index >= 15 is 0 Å². The van der Waals surface area contributed by atoms with E-state index in [1.807, 2.05) is 18.2 Å². The zero-order chi connectivity index (χ0) is 19.8. The largest absolute Gasteiger partial charge is 0.295 e. The average molecular weight is 419 g/mol. The number of halogens is 2. The summed E-state index contributed by atoms with van der Waals surface area (Å²) < 4.78 is 0. The van der Waals surface area contributed by atoms with E-state index in [0.717, 1.165) is 38.2 Å². The van der Waals surface area contributed by atoms with E-state index in [1.165, 1.54) is 16.7 Å². The topological polar surface area (TPSA) is 48.1 Å². The van der Waals surface area contributed by atoms with Crippen LogP contribution in [0.25, 0.3) is 0 Å². The minimum Gasteiger partial charge on any atom is -0.295 e. The van der Waals surface area contributed by atoms with Crippen LogP contribution in [0.4, 0.5) is 0 Å². The van der Waals surface area contributed by atoms with Gasteiger partial charge in [0.2, 0.25) is 0 Å². The van der Waals surface area contributed by atoms with Gasteiger partial charge in [-0.3, -0.25) is 21.3 Å². The smallest absolute Gasteiger partial charge is 0.106 e. The van der Waals surface area contributed by atoms with E-state index < -0.39 is 5.66 Å². The van der Waals surface area contributed by atoms with Crippen molar-refractivity contribution >= 4 is 23.2 Å². The van der Waals surface area contributed by atoms with Crippen LogP contribution in [0.5, 0.6) is 0 Å². The van der Waals surface area contributed by atoms with Gasteiger partial charge in [-0.05, 0) is 48.2 Å². The number of hydrogen-bond donors (Lipinski definition) is 4. The van der Waals surface area contributed by atoms with Crippen LogP contribution in [0, 0.1) is 13.8 Å². The summed E-state index contributed by atoms with van der Waals surface area (Å²) in [6, 6.07) is 12.2. The van der Waals surface area contributed by atoms with Crippen molar-refractivity contribution in [2.45, 2.75) is 38.0 Å². The molecule has 2 aromatic rings. The molecule has 6 heteroatoms. The maximum atomic E-state index is 6.55. The van der Waals surface area contributed by atoms with Crippen LogP contribution >= 0.6 is 23.2 Å². The first-order valence-electron chi connectivity index (χ1n) is 9.94. The molecule has 2 fully saturated rings.